The zero-order valence-electron chi connectivity index (χ0n) is 13.4. The number of anilines is 1. The average Bonchev–Trinajstić information content (AvgIpc) is 3.14. The summed E-state index contributed by atoms with van der Waals surface area (Å²) in [5.41, 5.74) is -1.35. The summed E-state index contributed by atoms with van der Waals surface area (Å²) in [4.78, 5) is 12.7. The van der Waals surface area contributed by atoms with Crippen molar-refractivity contribution in [2.75, 3.05) is 25.6 Å². The minimum absolute atomic E-state index is 0.0463. The van der Waals surface area contributed by atoms with Crippen LogP contribution in [-0.2, 0) is 24.6 Å². The van der Waals surface area contributed by atoms with Crippen LogP contribution in [0.2, 0.25) is 0 Å². The van der Waals surface area contributed by atoms with E-state index in [0.29, 0.717) is 26.1 Å². The van der Waals surface area contributed by atoms with Crippen molar-refractivity contribution in [3.63, 3.8) is 0 Å². The third kappa shape index (κ3) is 2.04. The third-order valence-electron chi connectivity index (χ3n) is 5.43. The Morgan fingerprint density at radius 2 is 2.04 bits per heavy atom. The summed E-state index contributed by atoms with van der Waals surface area (Å²) >= 11 is 0. The van der Waals surface area contributed by atoms with Crippen LogP contribution in [0.25, 0.3) is 0 Å². The molecule has 4 rings (SSSR count). The van der Waals surface area contributed by atoms with Crippen molar-refractivity contribution in [1.82, 2.24) is 0 Å². The number of ether oxygens (including phenoxy) is 3. The number of benzene rings is 1. The molecule has 7 heteroatoms. The Hall–Kier alpha value is -1.57. The molecule has 2 unspecified atom stereocenters. The monoisotopic (exact) mass is 339 g/mol. The third-order valence-corrected chi connectivity index (χ3v) is 5.43. The minimum atomic E-state index is -1.57. The number of carbonyl (C=O) groups excluding carboxylic acids is 1. The van der Waals surface area contributed by atoms with Gasteiger partial charge in [0, 0.05) is 25.9 Å². The number of halogens is 2. The van der Waals surface area contributed by atoms with Gasteiger partial charge in [0.2, 0.25) is 0 Å². The van der Waals surface area contributed by atoms with Crippen LogP contribution in [0.5, 0.6) is 0 Å². The summed E-state index contributed by atoms with van der Waals surface area (Å²) in [5.74, 6) is -3.62. The lowest BCUT2D eigenvalue weighted by Gasteiger charge is -2.43. The summed E-state index contributed by atoms with van der Waals surface area (Å²) in [6.45, 7) is 0.997. The molecule has 0 radical (unpaired) electrons. The van der Waals surface area contributed by atoms with Gasteiger partial charge >= 0.3 is 0 Å². The number of hydrogen-bond donors (Lipinski definition) is 1. The van der Waals surface area contributed by atoms with E-state index in [1.165, 1.54) is 13.2 Å². The van der Waals surface area contributed by atoms with Crippen LogP contribution in [-0.4, -0.2) is 32.0 Å². The second kappa shape index (κ2) is 5.47. The van der Waals surface area contributed by atoms with Gasteiger partial charge in [0.25, 0.3) is 5.91 Å². The van der Waals surface area contributed by atoms with Gasteiger partial charge in [0.1, 0.15) is 0 Å². The Labute approximate surface area is 138 Å². The average molecular weight is 339 g/mol. The Balaban J connectivity index is 1.80. The van der Waals surface area contributed by atoms with Crippen LogP contribution in [0.15, 0.2) is 12.1 Å². The van der Waals surface area contributed by atoms with Gasteiger partial charge in [0.15, 0.2) is 23.0 Å². The molecule has 2 fully saturated rings. The predicted molar refractivity (Wildman–Crippen MR) is 80.3 cm³/mol. The van der Waals surface area contributed by atoms with Crippen molar-refractivity contribution in [3.8, 4) is 0 Å². The highest BCUT2D eigenvalue weighted by atomic mass is 19.2. The normalized spacial score (nSPS) is 31.3. The van der Waals surface area contributed by atoms with E-state index in [9.17, 15) is 13.6 Å². The van der Waals surface area contributed by atoms with Crippen LogP contribution in [0, 0.1) is 17.6 Å². The molecule has 130 valence electrons. The van der Waals surface area contributed by atoms with Gasteiger partial charge < -0.3 is 19.5 Å². The molecule has 24 heavy (non-hydrogen) atoms. The zero-order chi connectivity index (χ0) is 16.9. The summed E-state index contributed by atoms with van der Waals surface area (Å²) in [6, 6.07) is 2.37. The van der Waals surface area contributed by atoms with Crippen LogP contribution in [0.4, 0.5) is 14.5 Å². The van der Waals surface area contributed by atoms with Crippen LogP contribution in [0.3, 0.4) is 0 Å². The molecule has 1 aromatic rings. The molecule has 2 atom stereocenters. The molecule has 2 aliphatic heterocycles. The highest BCUT2D eigenvalue weighted by Gasteiger charge is 2.58. The lowest BCUT2D eigenvalue weighted by Crippen LogP contribution is -2.50. The first kappa shape index (κ1) is 15.9. The maximum Gasteiger partial charge on any atom is 0.261 e. The molecular weight excluding hydrogens is 320 g/mol. The van der Waals surface area contributed by atoms with Gasteiger partial charge in [-0.3, -0.25) is 4.79 Å². The second-order valence-corrected chi connectivity index (χ2v) is 6.58. The Morgan fingerprint density at radius 1 is 1.29 bits per heavy atom. The van der Waals surface area contributed by atoms with Crippen molar-refractivity contribution < 1.29 is 27.8 Å². The fourth-order valence-corrected chi connectivity index (χ4v) is 4.40. The SMILES string of the molecule is COC1(C2CCCC3(C2)OCCO3)C(=O)Nc2ccc(F)c(F)c21. The molecule has 0 aromatic heterocycles. The van der Waals surface area contributed by atoms with Crippen LogP contribution in [0.1, 0.15) is 31.2 Å². The van der Waals surface area contributed by atoms with E-state index in [0.717, 1.165) is 18.9 Å². The first-order chi connectivity index (χ1) is 11.5. The molecule has 5 nitrogen and oxygen atoms in total. The standard InChI is InChI=1S/C17H19F2NO4/c1-22-17(10-3-2-6-16(9-10)23-7-8-24-16)13-12(20-15(17)21)5-4-11(18)14(13)19/h4-5,10H,2-3,6-9H2,1H3,(H,20,21). The number of fused-ring (bicyclic) bond motifs is 1. The van der Waals surface area contributed by atoms with Crippen LogP contribution < -0.4 is 5.32 Å². The molecule has 1 aliphatic carbocycles. The lowest BCUT2D eigenvalue weighted by molar-refractivity contribution is -0.208. The predicted octanol–water partition coefficient (Wildman–Crippen LogP) is 2.69. The first-order valence-corrected chi connectivity index (χ1v) is 8.15. The van der Waals surface area contributed by atoms with Gasteiger partial charge in [0.05, 0.1) is 24.5 Å². The Kier molecular flexibility index (Phi) is 3.63. The number of methoxy groups -OCH3 is 1. The molecule has 1 N–H and O–H groups in total. The largest absolute Gasteiger partial charge is 0.363 e. The number of amides is 1. The maximum absolute atomic E-state index is 14.6. The molecule has 3 aliphatic rings. The first-order valence-electron chi connectivity index (χ1n) is 8.15. The van der Waals surface area contributed by atoms with E-state index in [4.69, 9.17) is 14.2 Å². The second-order valence-electron chi connectivity index (χ2n) is 6.58. The van der Waals surface area contributed by atoms with Gasteiger partial charge in [-0.25, -0.2) is 8.78 Å². The molecule has 1 spiro atoms. The quantitative estimate of drug-likeness (QED) is 0.900. The highest BCUT2D eigenvalue weighted by Crippen LogP contribution is 2.52. The van der Waals surface area contributed by atoms with Gasteiger partial charge in [-0.1, -0.05) is 0 Å². The topological polar surface area (TPSA) is 56.8 Å². The molecule has 1 saturated carbocycles. The molecular formula is C17H19F2NO4. The van der Waals surface area contributed by atoms with Crippen LogP contribution >= 0.6 is 0 Å². The number of nitrogens with one attached hydrogen (secondary N) is 1. The Bertz CT molecular complexity index is 689. The number of carbonyl (C=O) groups is 1. The van der Waals surface area contributed by atoms with Gasteiger partial charge in [-0.05, 0) is 25.0 Å². The number of rotatable bonds is 2. The lowest BCUT2D eigenvalue weighted by atomic mass is 9.71. The molecule has 1 amide bonds. The van der Waals surface area contributed by atoms with Gasteiger partial charge in [-0.2, -0.15) is 0 Å². The van der Waals surface area contributed by atoms with Crippen molar-refractivity contribution in [1.29, 1.82) is 0 Å². The highest BCUT2D eigenvalue weighted by molar-refractivity contribution is 6.05. The van der Waals surface area contributed by atoms with E-state index in [2.05, 4.69) is 5.32 Å². The van der Waals surface area contributed by atoms with Crippen molar-refractivity contribution in [2.24, 2.45) is 5.92 Å². The summed E-state index contributed by atoms with van der Waals surface area (Å²) in [6.07, 6.45) is 2.54. The van der Waals surface area contributed by atoms with E-state index in [1.54, 1.807) is 0 Å². The minimum Gasteiger partial charge on any atom is -0.363 e. The summed E-state index contributed by atoms with van der Waals surface area (Å²) < 4.78 is 45.5. The molecule has 0 bridgehead atoms. The molecule has 1 saturated heterocycles. The number of hydrogen-bond acceptors (Lipinski definition) is 4. The fraction of sp³-hybridized carbons (Fsp3) is 0.588. The van der Waals surface area contributed by atoms with E-state index >= 15 is 0 Å². The van der Waals surface area contributed by atoms with Gasteiger partial charge in [-0.15, -0.1) is 0 Å². The molecule has 2 heterocycles. The maximum atomic E-state index is 14.6. The van der Waals surface area contributed by atoms with E-state index in [1.807, 2.05) is 0 Å². The molecule has 1 aromatic carbocycles. The van der Waals surface area contributed by atoms with Crippen molar-refractivity contribution >= 4 is 11.6 Å². The van der Waals surface area contributed by atoms with Crippen molar-refractivity contribution in [3.05, 3.63) is 29.3 Å². The van der Waals surface area contributed by atoms with E-state index in [-0.39, 0.29) is 17.2 Å². The smallest absolute Gasteiger partial charge is 0.261 e. The summed E-state index contributed by atoms with van der Waals surface area (Å²) in [7, 11) is 1.36. The zero-order valence-corrected chi connectivity index (χ0v) is 13.4. The van der Waals surface area contributed by atoms with E-state index < -0.39 is 28.9 Å². The fourth-order valence-electron chi connectivity index (χ4n) is 4.40. The van der Waals surface area contributed by atoms with Crippen molar-refractivity contribution in [2.45, 2.75) is 37.1 Å². The summed E-state index contributed by atoms with van der Waals surface area (Å²) in [5, 5.41) is 2.63. The Morgan fingerprint density at radius 3 is 2.75 bits per heavy atom.